The zero-order valence-electron chi connectivity index (χ0n) is 17.7. The van der Waals surface area contributed by atoms with Crippen LogP contribution in [-0.2, 0) is 9.59 Å². The third-order valence-electron chi connectivity index (χ3n) is 7.98. The number of hydrogen-bond acceptors (Lipinski definition) is 2. The summed E-state index contributed by atoms with van der Waals surface area (Å²) < 4.78 is 0. The standard InChI is InChI=1S/C25H42O2/c1-19-9-5-6-12-22(17-19)24(26)13-3-2-4-14-25(27)23-16-15-20-10-7-8-11-21(20)18-23/h19-23H,2-18H2,1H3. The van der Waals surface area contributed by atoms with Gasteiger partial charge >= 0.3 is 0 Å². The van der Waals surface area contributed by atoms with Crippen LogP contribution in [0.5, 0.6) is 0 Å². The lowest BCUT2D eigenvalue weighted by atomic mass is 9.66. The number of unbranched alkanes of at least 4 members (excludes halogenated alkanes) is 2. The zero-order valence-corrected chi connectivity index (χ0v) is 17.7. The first-order valence-electron chi connectivity index (χ1n) is 12.2. The van der Waals surface area contributed by atoms with Gasteiger partial charge in [0.05, 0.1) is 0 Å². The Balaban J connectivity index is 1.28. The quantitative estimate of drug-likeness (QED) is 0.342. The molecule has 0 aromatic heterocycles. The van der Waals surface area contributed by atoms with Crippen molar-refractivity contribution in [3.05, 3.63) is 0 Å². The first kappa shape index (κ1) is 21.1. The van der Waals surface area contributed by atoms with Gasteiger partial charge in [-0.25, -0.2) is 0 Å². The third kappa shape index (κ3) is 6.43. The summed E-state index contributed by atoms with van der Waals surface area (Å²) in [4.78, 5) is 25.1. The number of carbonyl (C=O) groups is 2. The molecule has 3 fully saturated rings. The lowest BCUT2D eigenvalue weighted by molar-refractivity contribution is -0.125. The number of fused-ring (bicyclic) bond motifs is 1. The van der Waals surface area contributed by atoms with E-state index < -0.39 is 0 Å². The number of Topliss-reactive ketones (excluding diaryl/α,β-unsaturated/α-hetero) is 2. The second-order valence-electron chi connectivity index (χ2n) is 10.1. The van der Waals surface area contributed by atoms with E-state index in [9.17, 15) is 9.59 Å². The highest BCUT2D eigenvalue weighted by atomic mass is 16.1. The minimum Gasteiger partial charge on any atom is -0.299 e. The topological polar surface area (TPSA) is 34.1 Å². The van der Waals surface area contributed by atoms with E-state index in [1.807, 2.05) is 0 Å². The van der Waals surface area contributed by atoms with Crippen LogP contribution in [0.3, 0.4) is 0 Å². The molecule has 0 amide bonds. The van der Waals surface area contributed by atoms with Crippen molar-refractivity contribution in [3.8, 4) is 0 Å². The lowest BCUT2D eigenvalue weighted by Crippen LogP contribution is -2.31. The molecule has 0 bridgehead atoms. The van der Waals surface area contributed by atoms with E-state index in [2.05, 4.69) is 6.92 Å². The summed E-state index contributed by atoms with van der Waals surface area (Å²) >= 11 is 0. The van der Waals surface area contributed by atoms with Crippen molar-refractivity contribution < 1.29 is 9.59 Å². The Bertz CT molecular complexity index is 483. The summed E-state index contributed by atoms with van der Waals surface area (Å²) in [6.07, 6.45) is 19.8. The Kier molecular flexibility index (Phi) is 8.40. The van der Waals surface area contributed by atoms with E-state index in [1.54, 1.807) is 0 Å². The first-order valence-corrected chi connectivity index (χ1v) is 12.2. The van der Waals surface area contributed by atoms with Gasteiger partial charge in [-0.2, -0.15) is 0 Å². The number of ketones is 2. The average molecular weight is 375 g/mol. The third-order valence-corrected chi connectivity index (χ3v) is 7.98. The molecular formula is C25H42O2. The fraction of sp³-hybridized carbons (Fsp3) is 0.920. The second-order valence-corrected chi connectivity index (χ2v) is 10.1. The highest BCUT2D eigenvalue weighted by Gasteiger charge is 2.34. The molecular weight excluding hydrogens is 332 g/mol. The molecule has 0 heterocycles. The predicted octanol–water partition coefficient (Wildman–Crippen LogP) is 6.90. The molecule has 3 saturated carbocycles. The molecule has 5 atom stereocenters. The Morgan fingerprint density at radius 2 is 1.22 bits per heavy atom. The average Bonchev–Trinajstić information content (AvgIpc) is 2.91. The van der Waals surface area contributed by atoms with E-state index in [1.165, 1.54) is 57.8 Å². The normalized spacial score (nSPS) is 34.5. The van der Waals surface area contributed by atoms with Crippen molar-refractivity contribution in [2.24, 2.45) is 29.6 Å². The van der Waals surface area contributed by atoms with Gasteiger partial charge in [-0.1, -0.05) is 58.3 Å². The Labute approximate surface area is 167 Å². The van der Waals surface area contributed by atoms with Gasteiger partial charge in [0.2, 0.25) is 0 Å². The fourth-order valence-electron chi connectivity index (χ4n) is 6.25. The summed E-state index contributed by atoms with van der Waals surface area (Å²) in [6.45, 7) is 2.30. The summed E-state index contributed by atoms with van der Waals surface area (Å²) in [5, 5.41) is 0. The molecule has 0 aromatic rings. The second kappa shape index (κ2) is 10.8. The molecule has 0 spiro atoms. The molecule has 0 aromatic carbocycles. The van der Waals surface area contributed by atoms with Crippen molar-refractivity contribution in [2.75, 3.05) is 0 Å². The van der Waals surface area contributed by atoms with E-state index in [4.69, 9.17) is 0 Å². The van der Waals surface area contributed by atoms with Crippen molar-refractivity contribution in [1.29, 1.82) is 0 Å². The molecule has 5 unspecified atom stereocenters. The number of carbonyl (C=O) groups excluding carboxylic acids is 2. The molecule has 0 aliphatic heterocycles. The molecule has 0 saturated heterocycles. The van der Waals surface area contributed by atoms with Crippen molar-refractivity contribution in [1.82, 2.24) is 0 Å². The first-order chi connectivity index (χ1) is 13.1. The largest absolute Gasteiger partial charge is 0.299 e. The highest BCUT2D eigenvalue weighted by molar-refractivity contribution is 5.81. The predicted molar refractivity (Wildman–Crippen MR) is 112 cm³/mol. The Morgan fingerprint density at radius 1 is 0.630 bits per heavy atom. The number of hydrogen-bond donors (Lipinski definition) is 0. The van der Waals surface area contributed by atoms with Crippen LogP contribution in [0.2, 0.25) is 0 Å². The summed E-state index contributed by atoms with van der Waals surface area (Å²) in [6, 6.07) is 0. The molecule has 3 aliphatic carbocycles. The van der Waals surface area contributed by atoms with Crippen LogP contribution in [0.15, 0.2) is 0 Å². The molecule has 2 nitrogen and oxygen atoms in total. The van der Waals surface area contributed by atoms with Gasteiger partial charge in [-0.05, 0) is 62.7 Å². The van der Waals surface area contributed by atoms with Crippen molar-refractivity contribution in [2.45, 2.75) is 116 Å². The monoisotopic (exact) mass is 374 g/mol. The summed E-state index contributed by atoms with van der Waals surface area (Å²) in [5.41, 5.74) is 0. The minimum atomic E-state index is 0.329. The molecule has 0 N–H and O–H groups in total. The molecule has 0 radical (unpaired) electrons. The lowest BCUT2D eigenvalue weighted by Gasteiger charge is -2.38. The number of rotatable bonds is 8. The maximum absolute atomic E-state index is 12.6. The van der Waals surface area contributed by atoms with E-state index in [-0.39, 0.29) is 0 Å². The highest BCUT2D eigenvalue weighted by Crippen LogP contribution is 2.43. The zero-order chi connectivity index (χ0) is 19.1. The van der Waals surface area contributed by atoms with E-state index >= 15 is 0 Å². The van der Waals surface area contributed by atoms with Gasteiger partial charge in [0.25, 0.3) is 0 Å². The molecule has 27 heavy (non-hydrogen) atoms. The van der Waals surface area contributed by atoms with Gasteiger partial charge in [0.1, 0.15) is 11.6 Å². The van der Waals surface area contributed by atoms with E-state index in [0.717, 1.165) is 69.1 Å². The van der Waals surface area contributed by atoms with Crippen LogP contribution in [0.1, 0.15) is 116 Å². The smallest absolute Gasteiger partial charge is 0.135 e. The van der Waals surface area contributed by atoms with Crippen LogP contribution in [-0.4, -0.2) is 11.6 Å². The Hall–Kier alpha value is -0.660. The van der Waals surface area contributed by atoms with E-state index in [0.29, 0.717) is 23.4 Å². The summed E-state index contributed by atoms with van der Waals surface area (Å²) in [7, 11) is 0. The van der Waals surface area contributed by atoms with Gasteiger partial charge in [0.15, 0.2) is 0 Å². The molecule has 2 heteroatoms. The fourth-order valence-corrected chi connectivity index (χ4v) is 6.25. The van der Waals surface area contributed by atoms with Gasteiger partial charge in [0, 0.05) is 24.7 Å². The van der Waals surface area contributed by atoms with Gasteiger partial charge in [-0.3, -0.25) is 9.59 Å². The maximum atomic E-state index is 12.6. The molecule has 3 rings (SSSR count). The SMILES string of the molecule is CC1CCCCC(C(=O)CCCCCC(=O)C2CCC3CCCCC3C2)C1. The van der Waals surface area contributed by atoms with Crippen LogP contribution in [0, 0.1) is 29.6 Å². The molecule has 154 valence electrons. The van der Waals surface area contributed by atoms with Gasteiger partial charge in [-0.15, -0.1) is 0 Å². The molecule has 3 aliphatic rings. The van der Waals surface area contributed by atoms with Crippen LogP contribution in [0.4, 0.5) is 0 Å². The van der Waals surface area contributed by atoms with Crippen LogP contribution >= 0.6 is 0 Å². The maximum Gasteiger partial charge on any atom is 0.135 e. The van der Waals surface area contributed by atoms with Crippen LogP contribution < -0.4 is 0 Å². The minimum absolute atomic E-state index is 0.329. The Morgan fingerprint density at radius 3 is 1.96 bits per heavy atom. The van der Waals surface area contributed by atoms with Crippen molar-refractivity contribution in [3.63, 3.8) is 0 Å². The van der Waals surface area contributed by atoms with Crippen molar-refractivity contribution >= 4 is 11.6 Å². The van der Waals surface area contributed by atoms with Gasteiger partial charge < -0.3 is 0 Å². The summed E-state index contributed by atoms with van der Waals surface area (Å²) in [5.74, 6) is 4.22. The van der Waals surface area contributed by atoms with Crippen LogP contribution in [0.25, 0.3) is 0 Å².